The number of hydrogen-bond donors (Lipinski definition) is 0. The lowest BCUT2D eigenvalue weighted by atomic mass is 10.1. The van der Waals surface area contributed by atoms with Crippen molar-refractivity contribution in [2.24, 2.45) is 0 Å². The number of unbranched alkanes of at least 4 members (excludes halogenated alkanes) is 3. The van der Waals surface area contributed by atoms with Crippen LogP contribution in [0.15, 0.2) is 24.3 Å². The molecule has 22 heavy (non-hydrogen) atoms. The van der Waals surface area contributed by atoms with Crippen molar-refractivity contribution in [3.05, 3.63) is 29.8 Å². The highest BCUT2D eigenvalue weighted by Gasteiger charge is 2.11. The van der Waals surface area contributed by atoms with E-state index < -0.39 is 0 Å². The zero-order valence-electron chi connectivity index (χ0n) is 13.8. The van der Waals surface area contributed by atoms with E-state index in [1.54, 1.807) is 0 Å². The predicted octanol–water partition coefficient (Wildman–Crippen LogP) is 5.19. The highest BCUT2D eigenvalue weighted by Crippen LogP contribution is 2.32. The lowest BCUT2D eigenvalue weighted by molar-refractivity contribution is 0.0571. The summed E-state index contributed by atoms with van der Waals surface area (Å²) in [5.41, 5.74) is 1.17. The number of hydrogen-bond acceptors (Lipinski definition) is 3. The molecule has 0 saturated carbocycles. The Labute approximate surface area is 134 Å². The summed E-state index contributed by atoms with van der Waals surface area (Å²) in [5.74, 6) is 1.69. The van der Waals surface area contributed by atoms with E-state index in [0.717, 1.165) is 37.4 Å². The molecule has 3 nitrogen and oxygen atoms in total. The summed E-state index contributed by atoms with van der Waals surface area (Å²) >= 11 is 0. The van der Waals surface area contributed by atoms with Gasteiger partial charge in [-0.15, -0.1) is 0 Å². The van der Waals surface area contributed by atoms with Crippen molar-refractivity contribution < 1.29 is 14.2 Å². The summed E-state index contributed by atoms with van der Waals surface area (Å²) < 4.78 is 16.4. The molecule has 3 heteroatoms. The van der Waals surface area contributed by atoms with Crippen LogP contribution in [0.1, 0.15) is 57.9 Å². The lowest BCUT2D eigenvalue weighted by Crippen LogP contribution is -2.08. The minimum absolute atomic E-state index is 0.335. The van der Waals surface area contributed by atoms with Gasteiger partial charge in [0.1, 0.15) is 0 Å². The Morgan fingerprint density at radius 3 is 2.91 bits per heavy atom. The molecule has 1 aromatic carbocycles. The van der Waals surface area contributed by atoms with Gasteiger partial charge in [-0.1, -0.05) is 38.0 Å². The second kappa shape index (κ2) is 9.52. The second-order valence-electron chi connectivity index (χ2n) is 5.83. The van der Waals surface area contributed by atoms with Gasteiger partial charge in [0.05, 0.1) is 6.10 Å². The highest BCUT2D eigenvalue weighted by molar-refractivity contribution is 5.56. The first-order valence-corrected chi connectivity index (χ1v) is 8.47. The molecule has 0 aromatic heterocycles. The molecule has 1 unspecified atom stereocenters. The van der Waals surface area contributed by atoms with E-state index in [1.165, 1.54) is 24.8 Å². The summed E-state index contributed by atoms with van der Waals surface area (Å²) in [6, 6.07) is 6.06. The molecular formula is C19H28O3. The maximum absolute atomic E-state index is 5.76. The monoisotopic (exact) mass is 304 g/mol. The van der Waals surface area contributed by atoms with Gasteiger partial charge in [0.2, 0.25) is 6.79 Å². The van der Waals surface area contributed by atoms with Crippen LogP contribution in [-0.2, 0) is 4.74 Å². The largest absolute Gasteiger partial charge is 0.454 e. The fourth-order valence-corrected chi connectivity index (χ4v) is 2.55. The van der Waals surface area contributed by atoms with Crippen molar-refractivity contribution in [3.8, 4) is 11.5 Å². The van der Waals surface area contributed by atoms with Crippen LogP contribution in [0.4, 0.5) is 0 Å². The van der Waals surface area contributed by atoms with Crippen molar-refractivity contribution >= 4 is 6.08 Å². The van der Waals surface area contributed by atoms with Crippen molar-refractivity contribution in [1.29, 1.82) is 0 Å². The first kappa shape index (κ1) is 16.9. The minimum Gasteiger partial charge on any atom is -0.454 e. The fraction of sp³-hybridized carbons (Fsp3) is 0.579. The van der Waals surface area contributed by atoms with Gasteiger partial charge in [-0.05, 0) is 50.3 Å². The summed E-state index contributed by atoms with van der Waals surface area (Å²) in [5, 5.41) is 0. The van der Waals surface area contributed by atoms with Gasteiger partial charge in [0.25, 0.3) is 0 Å². The Morgan fingerprint density at radius 2 is 2.05 bits per heavy atom. The molecular weight excluding hydrogens is 276 g/mol. The molecule has 1 atom stereocenters. The van der Waals surface area contributed by atoms with Gasteiger partial charge in [0.15, 0.2) is 11.5 Å². The lowest BCUT2D eigenvalue weighted by Gasteiger charge is -2.11. The molecule has 1 aliphatic heterocycles. The van der Waals surface area contributed by atoms with Crippen molar-refractivity contribution in [2.75, 3.05) is 13.4 Å². The molecule has 0 saturated heterocycles. The van der Waals surface area contributed by atoms with Crippen LogP contribution in [0.5, 0.6) is 11.5 Å². The quantitative estimate of drug-likeness (QED) is 0.556. The molecule has 2 rings (SSSR count). The van der Waals surface area contributed by atoms with Crippen molar-refractivity contribution in [2.45, 2.75) is 58.5 Å². The van der Waals surface area contributed by atoms with Crippen LogP contribution >= 0.6 is 0 Å². The second-order valence-corrected chi connectivity index (χ2v) is 5.83. The van der Waals surface area contributed by atoms with E-state index in [4.69, 9.17) is 14.2 Å². The standard InChI is InChI=1S/C19H28O3/c1-3-9-16(2)20-13-8-6-4-5-7-10-17-11-12-18-19(14-17)22-15-21-18/h7,10-12,14,16H,3-6,8-9,13,15H2,1-2H3. The molecule has 1 heterocycles. The van der Waals surface area contributed by atoms with E-state index in [1.807, 2.05) is 12.1 Å². The maximum Gasteiger partial charge on any atom is 0.231 e. The molecule has 1 aromatic rings. The number of rotatable bonds is 10. The fourth-order valence-electron chi connectivity index (χ4n) is 2.55. The maximum atomic E-state index is 5.76. The van der Waals surface area contributed by atoms with Gasteiger partial charge in [0, 0.05) is 6.61 Å². The Balaban J connectivity index is 1.55. The SMILES string of the molecule is CCCC(C)OCCCCCC=Cc1ccc2c(c1)OCO2. The highest BCUT2D eigenvalue weighted by atomic mass is 16.7. The molecule has 0 spiro atoms. The zero-order valence-corrected chi connectivity index (χ0v) is 13.8. The molecule has 122 valence electrons. The first-order valence-electron chi connectivity index (χ1n) is 8.47. The molecule has 0 amide bonds. The molecule has 0 aliphatic carbocycles. The third-order valence-electron chi connectivity index (χ3n) is 3.82. The van der Waals surface area contributed by atoms with Crippen LogP contribution in [0.3, 0.4) is 0 Å². The number of benzene rings is 1. The van der Waals surface area contributed by atoms with E-state index in [-0.39, 0.29) is 0 Å². The van der Waals surface area contributed by atoms with E-state index in [0.29, 0.717) is 12.9 Å². The smallest absolute Gasteiger partial charge is 0.231 e. The predicted molar refractivity (Wildman–Crippen MR) is 90.4 cm³/mol. The molecule has 0 radical (unpaired) electrons. The molecule has 0 bridgehead atoms. The third-order valence-corrected chi connectivity index (χ3v) is 3.82. The van der Waals surface area contributed by atoms with Crippen LogP contribution < -0.4 is 9.47 Å². The number of fused-ring (bicyclic) bond motifs is 1. The Hall–Kier alpha value is -1.48. The van der Waals surface area contributed by atoms with Gasteiger partial charge < -0.3 is 14.2 Å². The summed E-state index contributed by atoms with van der Waals surface area (Å²) in [6.07, 6.45) is 11.9. The average Bonchev–Trinajstić information content (AvgIpc) is 2.97. The number of allylic oxidation sites excluding steroid dienone is 1. The molecule has 0 fully saturated rings. The van der Waals surface area contributed by atoms with E-state index >= 15 is 0 Å². The number of ether oxygens (including phenoxy) is 3. The zero-order chi connectivity index (χ0) is 15.6. The van der Waals surface area contributed by atoms with Crippen LogP contribution in [0, 0.1) is 0 Å². The Morgan fingerprint density at radius 1 is 1.18 bits per heavy atom. The Bertz CT molecular complexity index is 468. The summed E-state index contributed by atoms with van der Waals surface area (Å²) in [7, 11) is 0. The average molecular weight is 304 g/mol. The first-order chi connectivity index (χ1) is 10.8. The van der Waals surface area contributed by atoms with Crippen LogP contribution in [0.2, 0.25) is 0 Å². The summed E-state index contributed by atoms with van der Waals surface area (Å²) in [6.45, 7) is 5.60. The summed E-state index contributed by atoms with van der Waals surface area (Å²) in [4.78, 5) is 0. The van der Waals surface area contributed by atoms with E-state index in [9.17, 15) is 0 Å². The van der Waals surface area contributed by atoms with Crippen LogP contribution in [0.25, 0.3) is 6.08 Å². The normalized spacial score (nSPS) is 14.6. The molecule has 0 N–H and O–H groups in total. The molecule has 1 aliphatic rings. The van der Waals surface area contributed by atoms with Gasteiger partial charge >= 0.3 is 0 Å². The van der Waals surface area contributed by atoms with Gasteiger partial charge in [-0.25, -0.2) is 0 Å². The van der Waals surface area contributed by atoms with Crippen LogP contribution in [-0.4, -0.2) is 19.5 Å². The van der Waals surface area contributed by atoms with Crippen molar-refractivity contribution in [1.82, 2.24) is 0 Å². The van der Waals surface area contributed by atoms with Gasteiger partial charge in [-0.3, -0.25) is 0 Å². The minimum atomic E-state index is 0.335. The third kappa shape index (κ3) is 5.72. The van der Waals surface area contributed by atoms with Gasteiger partial charge in [-0.2, -0.15) is 0 Å². The van der Waals surface area contributed by atoms with E-state index in [2.05, 4.69) is 32.1 Å². The van der Waals surface area contributed by atoms with Crippen molar-refractivity contribution in [3.63, 3.8) is 0 Å². The Kier molecular flexibility index (Phi) is 7.31. The topological polar surface area (TPSA) is 27.7 Å².